The molecule has 1 aliphatic rings. The van der Waals surface area contributed by atoms with Crippen LogP contribution in [0.4, 0.5) is 0 Å². The van der Waals surface area contributed by atoms with E-state index in [2.05, 4.69) is 38.2 Å². The summed E-state index contributed by atoms with van der Waals surface area (Å²) in [4.78, 5) is 0. The molecule has 0 saturated heterocycles. The van der Waals surface area contributed by atoms with Gasteiger partial charge in [0.05, 0.1) is 0 Å². The maximum atomic E-state index is 5.23. The van der Waals surface area contributed by atoms with Gasteiger partial charge in [-0.05, 0) is 23.6 Å². The molecule has 0 aliphatic heterocycles. The van der Waals surface area contributed by atoms with Gasteiger partial charge in [0.2, 0.25) is 0 Å². The summed E-state index contributed by atoms with van der Waals surface area (Å²) in [5.74, 6) is 0. The summed E-state index contributed by atoms with van der Waals surface area (Å²) in [5.41, 5.74) is 3.58. The Hall–Kier alpha value is 0.302. The van der Waals surface area contributed by atoms with Gasteiger partial charge in [-0.25, -0.2) is 12.2 Å². The molecule has 0 fully saturated rings. The molecule has 0 aromatic carbocycles. The number of hydrogen-bond donors (Lipinski definition) is 0. The zero-order valence-corrected chi connectivity index (χ0v) is 18.0. The molecule has 0 aromatic rings. The zero-order valence-electron chi connectivity index (χ0n) is 12.9. The Labute approximate surface area is 136 Å². The van der Waals surface area contributed by atoms with Crippen molar-refractivity contribution in [3.63, 3.8) is 0 Å². The normalized spacial score (nSPS) is 10.2. The molecule has 0 radical (unpaired) electrons. The molecule has 0 spiro atoms. The van der Waals surface area contributed by atoms with Gasteiger partial charge < -0.3 is 40.4 Å². The molecular weight excluding hydrogens is 435 g/mol. The fourth-order valence-corrected chi connectivity index (χ4v) is 2.12. The minimum Gasteiger partial charge on any atom is -0.492 e. The van der Waals surface area contributed by atoms with Crippen LogP contribution in [0.5, 0.6) is 0 Å². The van der Waals surface area contributed by atoms with Crippen LogP contribution in [0.15, 0.2) is 29.5 Å². The van der Waals surface area contributed by atoms with Gasteiger partial charge in [-0.15, -0.1) is 6.42 Å². The summed E-state index contributed by atoms with van der Waals surface area (Å²) in [7, 11) is -0.661. The van der Waals surface area contributed by atoms with Gasteiger partial charge in [-0.3, -0.25) is 6.08 Å². The second kappa shape index (κ2) is 30.4. The molecule has 0 saturated carbocycles. The molecule has 18 heavy (non-hydrogen) atoms. The average Bonchev–Trinajstić information content (AvgIpc) is 2.61. The minimum absolute atomic E-state index is 0. The Balaban J connectivity index is -0.0000000325. The summed E-state index contributed by atoms with van der Waals surface area (Å²) in [6, 6.07) is 0. The van der Waals surface area contributed by atoms with Crippen LogP contribution in [0.25, 0.3) is 0 Å². The molecule has 0 amide bonds. The fourth-order valence-electron chi connectivity index (χ4n) is 0.649. The maximum absolute atomic E-state index is 5.23. The van der Waals surface area contributed by atoms with Gasteiger partial charge in [-0.1, -0.05) is 11.3 Å². The first-order valence-corrected chi connectivity index (χ1v) is 7.46. The molecular formula is C14H30OPtSi2-6. The van der Waals surface area contributed by atoms with Gasteiger partial charge in [0, 0.05) is 21.1 Å². The molecule has 1 rings (SSSR count). The van der Waals surface area contributed by atoms with Crippen molar-refractivity contribution in [3.8, 4) is 0 Å². The first kappa shape index (κ1) is 36.2. The fraction of sp³-hybridized carbons (Fsp3) is 0.214. The maximum Gasteiger partial charge on any atom is 0.168 e. The van der Waals surface area contributed by atoms with E-state index in [1.807, 2.05) is 12.2 Å². The largest absolute Gasteiger partial charge is 0.492 e. The van der Waals surface area contributed by atoms with Crippen LogP contribution in [0, 0.1) is 42.3 Å². The molecule has 0 heterocycles. The second-order valence-electron chi connectivity index (χ2n) is 2.86. The predicted molar refractivity (Wildman–Crippen MR) is 90.2 cm³/mol. The van der Waals surface area contributed by atoms with Crippen LogP contribution in [0.2, 0.25) is 0 Å². The summed E-state index contributed by atoms with van der Waals surface area (Å²) in [6.07, 6.45) is 10.0. The van der Waals surface area contributed by atoms with Gasteiger partial charge in [-0.2, -0.15) is 6.08 Å². The Kier molecular flexibility index (Phi) is 61.1. The monoisotopic (exact) mass is 465 g/mol. The second-order valence-corrected chi connectivity index (χ2v) is 5.64. The van der Waals surface area contributed by atoms with Crippen LogP contribution in [0.3, 0.4) is 0 Å². The number of hydrogen-bond acceptors (Lipinski definition) is 1. The predicted octanol–water partition coefficient (Wildman–Crippen LogP) is 2.99. The van der Waals surface area contributed by atoms with Crippen molar-refractivity contribution in [3.05, 3.63) is 71.8 Å². The first-order valence-electron chi connectivity index (χ1n) is 4.49. The van der Waals surface area contributed by atoms with Crippen molar-refractivity contribution in [1.82, 2.24) is 0 Å². The molecule has 1 aliphatic carbocycles. The van der Waals surface area contributed by atoms with Crippen molar-refractivity contribution >= 4 is 19.5 Å². The van der Waals surface area contributed by atoms with E-state index in [1.165, 1.54) is 5.57 Å². The van der Waals surface area contributed by atoms with Crippen LogP contribution in [0.1, 0.15) is 20.3 Å². The van der Waals surface area contributed by atoms with Crippen LogP contribution >= 0.6 is 0 Å². The van der Waals surface area contributed by atoms with E-state index >= 15 is 0 Å². The molecule has 1 nitrogen and oxygen atoms in total. The molecule has 0 N–H and O–H groups in total. The van der Waals surface area contributed by atoms with Crippen molar-refractivity contribution in [2.75, 3.05) is 0 Å². The molecule has 0 atom stereocenters. The summed E-state index contributed by atoms with van der Waals surface area (Å²) >= 11 is 0. The third-order valence-electron chi connectivity index (χ3n) is 1.34. The van der Waals surface area contributed by atoms with E-state index in [0.717, 1.165) is 6.42 Å². The van der Waals surface area contributed by atoms with Crippen LogP contribution < -0.4 is 0 Å². The molecule has 4 heteroatoms. The van der Waals surface area contributed by atoms with E-state index in [1.54, 1.807) is 0 Å². The van der Waals surface area contributed by atoms with E-state index in [0.29, 0.717) is 0 Å². The minimum atomic E-state index is -0.362. The number of rotatable bonds is 3. The van der Waals surface area contributed by atoms with Crippen molar-refractivity contribution in [2.45, 2.75) is 20.3 Å². The molecule has 0 unspecified atom stereocenters. The van der Waals surface area contributed by atoms with Gasteiger partial charge >= 0.3 is 0 Å². The Bertz CT molecular complexity index is 188. The van der Waals surface area contributed by atoms with Crippen LogP contribution in [-0.4, -0.2) is 19.5 Å². The van der Waals surface area contributed by atoms with Gasteiger partial charge in [0.25, 0.3) is 0 Å². The van der Waals surface area contributed by atoms with E-state index in [-0.39, 0.29) is 70.3 Å². The Morgan fingerprint density at radius 3 is 2.06 bits per heavy atom. The molecule has 0 aromatic heterocycles. The van der Waals surface area contributed by atoms with Crippen molar-refractivity contribution in [1.29, 1.82) is 0 Å². The van der Waals surface area contributed by atoms with Gasteiger partial charge in [0.1, 0.15) is 0 Å². The zero-order chi connectivity index (χ0) is 9.94. The Morgan fingerprint density at radius 1 is 1.28 bits per heavy atom. The van der Waals surface area contributed by atoms with E-state index in [9.17, 15) is 0 Å². The quantitative estimate of drug-likeness (QED) is 0.354. The third-order valence-corrected chi connectivity index (χ3v) is 4.42. The van der Waals surface area contributed by atoms with Crippen molar-refractivity contribution in [2.24, 2.45) is 0 Å². The summed E-state index contributed by atoms with van der Waals surface area (Å²) in [6.45, 7) is 7.90. The summed E-state index contributed by atoms with van der Waals surface area (Å²) < 4.78 is 5.23. The summed E-state index contributed by atoms with van der Waals surface area (Å²) in [5, 5.41) is 0. The van der Waals surface area contributed by atoms with Crippen molar-refractivity contribution < 1.29 is 25.2 Å². The standard InChI is InChI=1S/C5H13OSi2.C5H5.4CH3.Pt/c1-5(2)4-8-6-7-3;1-2-4-5-3-1;;;;;/h4H,3,7-8H2,1-2H3;1-3H,4H2;4*1H3;/q6*-1;. The van der Waals surface area contributed by atoms with E-state index in [4.69, 9.17) is 4.12 Å². The van der Waals surface area contributed by atoms with Gasteiger partial charge in [0.15, 0.2) is 9.76 Å². The number of allylic oxidation sites excluding steroid dienone is 5. The first-order chi connectivity index (χ1) is 6.27. The smallest absolute Gasteiger partial charge is 0.168 e. The van der Waals surface area contributed by atoms with Crippen LogP contribution in [-0.2, 0) is 25.2 Å². The Morgan fingerprint density at radius 2 is 1.83 bits per heavy atom. The topological polar surface area (TPSA) is 9.23 Å². The molecule has 116 valence electrons. The SMILES string of the molecule is [C-]1=CC=CC1.[CH2-][SiH2]O[SiH2]C=C(C)C.[CH3-].[CH3-].[CH3-].[CH3-].[Pt]. The van der Waals surface area contributed by atoms with E-state index < -0.39 is 0 Å². The third kappa shape index (κ3) is 36.0. The average molecular weight is 466 g/mol. The molecule has 0 bridgehead atoms.